The van der Waals surface area contributed by atoms with Crippen molar-refractivity contribution >= 4 is 0 Å². The van der Waals surface area contributed by atoms with Crippen LogP contribution in [0.2, 0.25) is 0 Å². The monoisotopic (exact) mass is 299 g/mol. The first kappa shape index (κ1) is 20.4. The minimum atomic E-state index is 0.745. The van der Waals surface area contributed by atoms with Crippen molar-refractivity contribution in [2.75, 3.05) is 14.1 Å². The van der Waals surface area contributed by atoms with Gasteiger partial charge in [0.25, 0.3) is 0 Å². The maximum atomic E-state index is 3.51. The zero-order chi connectivity index (χ0) is 16.8. The number of hydrogen-bond acceptors (Lipinski definition) is 1. The Morgan fingerprint density at radius 3 is 2.23 bits per heavy atom. The van der Waals surface area contributed by atoms with Crippen molar-refractivity contribution in [3.63, 3.8) is 0 Å². The van der Waals surface area contributed by atoms with Gasteiger partial charge in [0.15, 0.2) is 0 Å². The molecule has 1 aromatic rings. The summed E-state index contributed by atoms with van der Waals surface area (Å²) in [4.78, 5) is 2.34. The van der Waals surface area contributed by atoms with E-state index in [-0.39, 0.29) is 0 Å². The maximum Gasteiger partial charge on any atom is 0.0133 e. The molecule has 1 atom stereocenters. The summed E-state index contributed by atoms with van der Waals surface area (Å²) < 4.78 is 0. The predicted octanol–water partition coefficient (Wildman–Crippen LogP) is 5.44. The fraction of sp³-hybridized carbons (Fsp3) is 0.429. The molecule has 0 radical (unpaired) electrons. The molecule has 0 heterocycles. The zero-order valence-corrected chi connectivity index (χ0v) is 15.0. The Morgan fingerprint density at radius 1 is 1.05 bits per heavy atom. The van der Waals surface area contributed by atoms with Crippen LogP contribution >= 0.6 is 0 Å². The molecule has 0 saturated heterocycles. The van der Waals surface area contributed by atoms with Gasteiger partial charge in [0.2, 0.25) is 0 Å². The van der Waals surface area contributed by atoms with E-state index in [1.54, 1.807) is 17.2 Å². The molecule has 0 bridgehead atoms. The van der Waals surface area contributed by atoms with Crippen molar-refractivity contribution in [3.05, 3.63) is 72.4 Å². The Morgan fingerprint density at radius 2 is 1.68 bits per heavy atom. The highest BCUT2D eigenvalue weighted by Crippen LogP contribution is 2.22. The summed E-state index contributed by atoms with van der Waals surface area (Å²) in [6, 6.07) is 9.58. The number of aryl methyl sites for hydroxylation is 1. The third kappa shape index (κ3) is 7.99. The van der Waals surface area contributed by atoms with Gasteiger partial charge in [-0.05, 0) is 51.4 Å². The molecule has 0 aliphatic heterocycles. The van der Waals surface area contributed by atoms with Crippen molar-refractivity contribution in [1.29, 1.82) is 0 Å². The molecular weight excluding hydrogens is 266 g/mol. The van der Waals surface area contributed by atoms with Gasteiger partial charge < -0.3 is 4.90 Å². The molecule has 0 saturated carbocycles. The summed E-state index contributed by atoms with van der Waals surface area (Å²) in [6.45, 7) is 9.49. The van der Waals surface area contributed by atoms with Gasteiger partial charge in [0.1, 0.15) is 0 Å². The second-order valence-corrected chi connectivity index (χ2v) is 5.28. The molecule has 2 rings (SSSR count). The first-order chi connectivity index (χ1) is 10.7. The molecule has 122 valence electrons. The molecule has 22 heavy (non-hydrogen) atoms. The van der Waals surface area contributed by atoms with Crippen molar-refractivity contribution in [3.8, 4) is 0 Å². The van der Waals surface area contributed by atoms with E-state index in [9.17, 15) is 0 Å². The lowest BCUT2D eigenvalue weighted by Gasteiger charge is -2.29. The first-order valence-corrected chi connectivity index (χ1v) is 8.32. The maximum absolute atomic E-state index is 3.51. The fourth-order valence-electron chi connectivity index (χ4n) is 2.37. The van der Waals surface area contributed by atoms with Crippen LogP contribution in [0.3, 0.4) is 0 Å². The Balaban J connectivity index is 0.000000421. The molecule has 1 aromatic carbocycles. The molecule has 1 nitrogen and oxygen atoms in total. The second kappa shape index (κ2) is 13.1. The van der Waals surface area contributed by atoms with Crippen LogP contribution in [0.5, 0.6) is 0 Å². The highest BCUT2D eigenvalue weighted by molar-refractivity contribution is 5.30. The van der Waals surface area contributed by atoms with Gasteiger partial charge in [0, 0.05) is 6.04 Å². The van der Waals surface area contributed by atoms with Crippen LogP contribution in [0.15, 0.2) is 61.2 Å². The average molecular weight is 300 g/mol. The largest absolute Gasteiger partial charge is 0.306 e. The standard InChI is InChI=1S/C12H17N.C7H10.C2H6/c1-13(2)12-8-7-10-5-3-4-6-11(10)9-12;1-3-5-7-6-4-2;1-2/h3-6,12H,7-9H2,1-2H3;3-7H,1H2,2H3;1-2H3/b;6-4-,7-5-;. The molecule has 0 spiro atoms. The van der Waals surface area contributed by atoms with E-state index in [0.717, 1.165) is 6.04 Å². The summed E-state index contributed by atoms with van der Waals surface area (Å²) in [5, 5.41) is 0. The molecule has 0 N–H and O–H groups in total. The van der Waals surface area contributed by atoms with Gasteiger partial charge in [-0.15, -0.1) is 0 Å². The third-order valence-electron chi connectivity index (χ3n) is 3.60. The summed E-state index contributed by atoms with van der Waals surface area (Å²) in [6.07, 6.45) is 13.3. The highest BCUT2D eigenvalue weighted by atomic mass is 15.1. The summed E-state index contributed by atoms with van der Waals surface area (Å²) in [7, 11) is 4.36. The minimum Gasteiger partial charge on any atom is -0.306 e. The minimum absolute atomic E-state index is 0.745. The topological polar surface area (TPSA) is 3.24 Å². The van der Waals surface area contributed by atoms with E-state index < -0.39 is 0 Å². The number of nitrogens with zero attached hydrogens (tertiary/aromatic N) is 1. The summed E-state index contributed by atoms with van der Waals surface area (Å²) >= 11 is 0. The van der Waals surface area contributed by atoms with E-state index in [1.807, 2.05) is 45.1 Å². The molecular formula is C21H33N. The number of benzene rings is 1. The normalized spacial score (nSPS) is 16.5. The van der Waals surface area contributed by atoms with Crippen LogP contribution in [0.4, 0.5) is 0 Å². The lowest BCUT2D eigenvalue weighted by atomic mass is 9.88. The van der Waals surface area contributed by atoms with Gasteiger partial charge in [-0.3, -0.25) is 0 Å². The molecule has 1 heteroatoms. The Hall–Kier alpha value is -1.60. The fourth-order valence-corrected chi connectivity index (χ4v) is 2.37. The Labute approximate surface area is 138 Å². The van der Waals surface area contributed by atoms with Crippen molar-refractivity contribution in [2.45, 2.75) is 46.1 Å². The Bertz CT molecular complexity index is 455. The summed E-state index contributed by atoms with van der Waals surface area (Å²) in [5.41, 5.74) is 3.10. The van der Waals surface area contributed by atoms with Gasteiger partial charge in [-0.1, -0.05) is 75.1 Å². The number of rotatable bonds is 3. The van der Waals surface area contributed by atoms with E-state index in [4.69, 9.17) is 0 Å². The van der Waals surface area contributed by atoms with Crippen molar-refractivity contribution in [2.24, 2.45) is 0 Å². The molecule has 0 amide bonds. The Kier molecular flexibility index (Phi) is 12.1. The van der Waals surface area contributed by atoms with Crippen LogP contribution in [0, 0.1) is 0 Å². The number of allylic oxidation sites excluding steroid dienone is 5. The molecule has 0 aromatic heterocycles. The van der Waals surface area contributed by atoms with E-state index in [0.29, 0.717) is 0 Å². The highest BCUT2D eigenvalue weighted by Gasteiger charge is 2.18. The van der Waals surface area contributed by atoms with Crippen molar-refractivity contribution < 1.29 is 0 Å². The zero-order valence-electron chi connectivity index (χ0n) is 15.0. The van der Waals surface area contributed by atoms with E-state index in [2.05, 4.69) is 49.8 Å². The quantitative estimate of drug-likeness (QED) is 0.672. The molecule has 1 unspecified atom stereocenters. The van der Waals surface area contributed by atoms with Gasteiger partial charge >= 0.3 is 0 Å². The lowest BCUT2D eigenvalue weighted by molar-refractivity contribution is 0.268. The predicted molar refractivity (Wildman–Crippen MR) is 101 cm³/mol. The van der Waals surface area contributed by atoms with Gasteiger partial charge in [-0.2, -0.15) is 0 Å². The molecule has 1 aliphatic carbocycles. The number of hydrogen-bond donors (Lipinski definition) is 0. The smallest absolute Gasteiger partial charge is 0.0133 e. The second-order valence-electron chi connectivity index (χ2n) is 5.28. The number of fused-ring (bicyclic) bond motifs is 1. The van der Waals surface area contributed by atoms with Gasteiger partial charge in [0.05, 0.1) is 0 Å². The van der Waals surface area contributed by atoms with Crippen LogP contribution in [0.1, 0.15) is 38.3 Å². The summed E-state index contributed by atoms with van der Waals surface area (Å²) in [5.74, 6) is 0. The van der Waals surface area contributed by atoms with Crippen LogP contribution in [-0.2, 0) is 12.8 Å². The number of likely N-dealkylation sites (N-methyl/N-ethyl adjacent to an activating group) is 1. The third-order valence-corrected chi connectivity index (χ3v) is 3.60. The van der Waals surface area contributed by atoms with Crippen molar-refractivity contribution in [1.82, 2.24) is 4.90 Å². The lowest BCUT2D eigenvalue weighted by Crippen LogP contribution is -2.33. The SMILES string of the molecule is C=C/C=C\C=C/C.CC.CN(C)C1CCc2ccccc2C1. The van der Waals surface area contributed by atoms with E-state index in [1.165, 1.54) is 19.3 Å². The first-order valence-electron chi connectivity index (χ1n) is 8.32. The van der Waals surface area contributed by atoms with Crippen LogP contribution < -0.4 is 0 Å². The molecule has 1 aliphatic rings. The van der Waals surface area contributed by atoms with Crippen LogP contribution in [-0.4, -0.2) is 25.0 Å². The molecule has 0 fully saturated rings. The van der Waals surface area contributed by atoms with Crippen LogP contribution in [0.25, 0.3) is 0 Å². The van der Waals surface area contributed by atoms with E-state index >= 15 is 0 Å². The van der Waals surface area contributed by atoms with Gasteiger partial charge in [-0.25, -0.2) is 0 Å². The average Bonchev–Trinajstić information content (AvgIpc) is 2.57.